The van der Waals surface area contributed by atoms with Crippen LogP contribution in [0, 0.1) is 5.82 Å². The number of methoxy groups -OCH3 is 1. The predicted molar refractivity (Wildman–Crippen MR) is 85.3 cm³/mol. The Hall–Kier alpha value is -3.13. The van der Waals surface area contributed by atoms with E-state index in [0.29, 0.717) is 4.68 Å². The van der Waals surface area contributed by atoms with Crippen molar-refractivity contribution in [2.24, 2.45) is 5.14 Å². The van der Waals surface area contributed by atoms with Crippen molar-refractivity contribution in [2.75, 3.05) is 7.11 Å². The van der Waals surface area contributed by atoms with Gasteiger partial charge in [-0.3, -0.25) is 0 Å². The lowest BCUT2D eigenvalue weighted by Gasteiger charge is -2.07. The Morgan fingerprint density at radius 3 is 2.36 bits per heavy atom. The van der Waals surface area contributed by atoms with Crippen molar-refractivity contribution in [3.8, 4) is 23.0 Å². The molecule has 0 atom stereocenters. The molecule has 0 amide bonds. The molecule has 0 saturated heterocycles. The van der Waals surface area contributed by atoms with Gasteiger partial charge >= 0.3 is 6.18 Å². The van der Waals surface area contributed by atoms with Gasteiger partial charge in [-0.1, -0.05) is 0 Å². The number of benzene rings is 1. The molecule has 2 aromatic heterocycles. The van der Waals surface area contributed by atoms with Crippen LogP contribution in [0.3, 0.4) is 0 Å². The summed E-state index contributed by atoms with van der Waals surface area (Å²) in [5.74, 6) is -3.15. The highest BCUT2D eigenvalue weighted by molar-refractivity contribution is 7.89. The molecule has 2 heterocycles. The van der Waals surface area contributed by atoms with E-state index in [1.165, 1.54) is 19.2 Å². The molecule has 0 fully saturated rings. The number of nitrogens with zero attached hydrogens (tertiary/aromatic N) is 5. The molecule has 3 rings (SSSR count). The van der Waals surface area contributed by atoms with Crippen LogP contribution in [0.5, 0.6) is 5.75 Å². The van der Waals surface area contributed by atoms with Gasteiger partial charge in [-0.05, 0) is 30.3 Å². The van der Waals surface area contributed by atoms with E-state index in [9.17, 15) is 26.0 Å². The summed E-state index contributed by atoms with van der Waals surface area (Å²) in [6.45, 7) is 0. The lowest BCUT2D eigenvalue weighted by atomic mass is 10.2. The van der Waals surface area contributed by atoms with Gasteiger partial charge in [0.25, 0.3) is 15.8 Å². The van der Waals surface area contributed by atoms with Crippen LogP contribution >= 0.6 is 0 Å². The summed E-state index contributed by atoms with van der Waals surface area (Å²) in [6.07, 6.45) is -4.89. The van der Waals surface area contributed by atoms with Crippen molar-refractivity contribution in [1.29, 1.82) is 0 Å². The van der Waals surface area contributed by atoms with Crippen LogP contribution < -0.4 is 9.88 Å². The minimum Gasteiger partial charge on any atom is -0.494 e. The second-order valence-corrected chi connectivity index (χ2v) is 6.80. The highest BCUT2D eigenvalue weighted by atomic mass is 32.2. The van der Waals surface area contributed by atoms with Crippen LogP contribution in [0.15, 0.2) is 35.4 Å². The molecule has 0 aliphatic rings. The normalized spacial score (nSPS) is 12.2. The summed E-state index contributed by atoms with van der Waals surface area (Å²) in [5.41, 5.74) is -0.0568. The Kier molecular flexibility index (Phi) is 4.76. The van der Waals surface area contributed by atoms with Gasteiger partial charge in [0.1, 0.15) is 0 Å². The largest absolute Gasteiger partial charge is 0.494 e. The maximum atomic E-state index is 14.0. The molecule has 0 aliphatic heterocycles. The zero-order valence-corrected chi connectivity index (χ0v) is 14.7. The summed E-state index contributed by atoms with van der Waals surface area (Å²) < 4.78 is 81.1. The fraction of sp³-hybridized carbons (Fsp3) is 0.143. The van der Waals surface area contributed by atoms with Gasteiger partial charge in [0.2, 0.25) is 0 Å². The van der Waals surface area contributed by atoms with Crippen LogP contribution in [0.2, 0.25) is 0 Å². The maximum absolute atomic E-state index is 14.0. The van der Waals surface area contributed by atoms with Crippen molar-refractivity contribution < 1.29 is 30.7 Å². The number of hydrogen-bond acceptors (Lipinski definition) is 7. The SMILES string of the molecule is COc1ccc(-c2nc(C(F)(F)F)nn2-c2ccc(S(N)(=O)=O)nn2)cc1F. The fourth-order valence-corrected chi connectivity index (χ4v) is 2.57. The Morgan fingerprint density at radius 2 is 1.86 bits per heavy atom. The van der Waals surface area contributed by atoms with E-state index < -0.39 is 38.7 Å². The number of sulfonamides is 1. The maximum Gasteiger partial charge on any atom is 0.453 e. The third kappa shape index (κ3) is 3.77. The lowest BCUT2D eigenvalue weighted by Crippen LogP contribution is -2.15. The molecule has 9 nitrogen and oxygen atoms in total. The zero-order valence-electron chi connectivity index (χ0n) is 13.8. The number of primary sulfonamides is 1. The van der Waals surface area contributed by atoms with Gasteiger partial charge in [-0.25, -0.2) is 22.9 Å². The lowest BCUT2D eigenvalue weighted by molar-refractivity contribution is -0.144. The Morgan fingerprint density at radius 1 is 1.14 bits per heavy atom. The van der Waals surface area contributed by atoms with E-state index in [1.807, 2.05) is 0 Å². The molecule has 0 bridgehead atoms. The minimum absolute atomic E-state index is 0.0568. The van der Waals surface area contributed by atoms with Crippen molar-refractivity contribution in [1.82, 2.24) is 25.0 Å². The van der Waals surface area contributed by atoms with Gasteiger partial charge in [-0.2, -0.15) is 17.9 Å². The summed E-state index contributed by atoms with van der Waals surface area (Å²) in [5, 5.41) is 14.5. The standard InChI is InChI=1S/C14H10F4N6O3S/c1-27-9-3-2-7(6-8(9)15)12-20-13(14(16,17)18)23-24(12)10-4-5-11(22-21-10)28(19,25)26/h2-6H,1H3,(H2,19,25,26). The molecule has 1 aromatic carbocycles. The van der Waals surface area contributed by atoms with E-state index in [1.54, 1.807) is 0 Å². The number of halogens is 4. The van der Waals surface area contributed by atoms with Crippen LogP contribution in [-0.2, 0) is 16.2 Å². The molecule has 0 aliphatic carbocycles. The molecule has 28 heavy (non-hydrogen) atoms. The van der Waals surface area contributed by atoms with Gasteiger partial charge < -0.3 is 4.74 Å². The van der Waals surface area contributed by atoms with Gasteiger partial charge in [0.15, 0.2) is 28.2 Å². The van der Waals surface area contributed by atoms with Crippen molar-refractivity contribution in [3.05, 3.63) is 42.0 Å². The summed E-state index contributed by atoms with van der Waals surface area (Å²) in [6, 6.07) is 5.35. The molecule has 0 spiro atoms. The van der Waals surface area contributed by atoms with Crippen LogP contribution in [0.25, 0.3) is 17.2 Å². The number of aromatic nitrogens is 5. The van der Waals surface area contributed by atoms with E-state index in [4.69, 9.17) is 9.88 Å². The highest BCUT2D eigenvalue weighted by Gasteiger charge is 2.37. The fourth-order valence-electron chi connectivity index (χ4n) is 2.16. The molecular weight excluding hydrogens is 408 g/mol. The first-order valence-electron chi connectivity index (χ1n) is 7.26. The Balaban J connectivity index is 2.18. The first-order chi connectivity index (χ1) is 13.0. The molecule has 148 valence electrons. The van der Waals surface area contributed by atoms with Crippen molar-refractivity contribution >= 4 is 10.0 Å². The third-order valence-corrected chi connectivity index (χ3v) is 4.21. The van der Waals surface area contributed by atoms with Crippen LogP contribution in [0.1, 0.15) is 5.82 Å². The predicted octanol–water partition coefficient (Wildman–Crippen LogP) is 1.54. The number of alkyl halides is 3. The summed E-state index contributed by atoms with van der Waals surface area (Å²) in [4.78, 5) is 3.40. The van der Waals surface area contributed by atoms with E-state index in [-0.39, 0.29) is 17.1 Å². The topological polar surface area (TPSA) is 126 Å². The second kappa shape index (κ2) is 6.79. The minimum atomic E-state index is -4.89. The summed E-state index contributed by atoms with van der Waals surface area (Å²) in [7, 11) is -2.93. The average Bonchev–Trinajstić information content (AvgIpc) is 3.07. The molecule has 14 heteroatoms. The Labute approximate surface area is 154 Å². The van der Waals surface area contributed by atoms with Crippen molar-refractivity contribution in [2.45, 2.75) is 11.2 Å². The van der Waals surface area contributed by atoms with Gasteiger partial charge in [-0.15, -0.1) is 15.3 Å². The molecule has 0 radical (unpaired) electrons. The number of nitrogens with two attached hydrogens (primary N) is 1. The first kappa shape index (κ1) is 19.6. The molecule has 0 saturated carbocycles. The number of hydrogen-bond donors (Lipinski definition) is 1. The second-order valence-electron chi connectivity index (χ2n) is 5.29. The van der Waals surface area contributed by atoms with Crippen molar-refractivity contribution in [3.63, 3.8) is 0 Å². The first-order valence-corrected chi connectivity index (χ1v) is 8.80. The van der Waals surface area contributed by atoms with E-state index >= 15 is 0 Å². The quantitative estimate of drug-likeness (QED) is 0.637. The molecular formula is C14H10F4N6O3S. The number of ether oxygens (including phenoxy) is 1. The van der Waals surface area contributed by atoms with Crippen LogP contribution in [0.4, 0.5) is 17.6 Å². The van der Waals surface area contributed by atoms with E-state index in [2.05, 4.69) is 20.3 Å². The highest BCUT2D eigenvalue weighted by Crippen LogP contribution is 2.31. The van der Waals surface area contributed by atoms with Crippen LogP contribution in [-0.4, -0.2) is 40.5 Å². The van der Waals surface area contributed by atoms with Gasteiger partial charge in [0, 0.05) is 5.56 Å². The summed E-state index contributed by atoms with van der Waals surface area (Å²) >= 11 is 0. The molecule has 0 unspecified atom stereocenters. The molecule has 3 aromatic rings. The average molecular weight is 418 g/mol. The smallest absolute Gasteiger partial charge is 0.453 e. The Bertz CT molecular complexity index is 1130. The number of rotatable bonds is 4. The van der Waals surface area contributed by atoms with E-state index in [0.717, 1.165) is 18.2 Å². The monoisotopic (exact) mass is 418 g/mol. The third-order valence-electron chi connectivity index (χ3n) is 3.41. The zero-order chi connectivity index (χ0) is 20.7. The molecule has 2 N–H and O–H groups in total. The van der Waals surface area contributed by atoms with Gasteiger partial charge in [0.05, 0.1) is 7.11 Å².